The van der Waals surface area contributed by atoms with E-state index in [1.807, 2.05) is 72.8 Å². The molecule has 2 N–H and O–H groups in total. The highest BCUT2D eigenvalue weighted by Gasteiger charge is 2.13. The van der Waals surface area contributed by atoms with Crippen LogP contribution in [0, 0.1) is 0 Å². The molecule has 1 amide bonds. The number of hydrogen-bond acceptors (Lipinski definition) is 4. The summed E-state index contributed by atoms with van der Waals surface area (Å²) in [6, 6.07) is 24.6. The van der Waals surface area contributed by atoms with Crippen molar-refractivity contribution in [1.82, 2.24) is 10.3 Å². The number of nitrogens with zero attached hydrogens (tertiary/aromatic N) is 1. The molecule has 6 heteroatoms. The van der Waals surface area contributed by atoms with Crippen molar-refractivity contribution in [2.45, 2.75) is 6.42 Å². The van der Waals surface area contributed by atoms with E-state index in [0.717, 1.165) is 34.3 Å². The van der Waals surface area contributed by atoms with Crippen LogP contribution in [0.4, 0.5) is 11.5 Å². The molecule has 0 unspecified atom stereocenters. The van der Waals surface area contributed by atoms with E-state index in [9.17, 15) is 4.79 Å². The molecule has 0 fully saturated rings. The monoisotopic (exact) mass is 431 g/mol. The summed E-state index contributed by atoms with van der Waals surface area (Å²) in [7, 11) is 1.63. The molecule has 156 valence electrons. The van der Waals surface area contributed by atoms with Gasteiger partial charge in [0.05, 0.1) is 18.2 Å². The number of benzene rings is 3. The first-order chi connectivity index (χ1) is 15.1. The lowest BCUT2D eigenvalue weighted by molar-refractivity contribution is 0.0956. The summed E-state index contributed by atoms with van der Waals surface area (Å²) >= 11 is 5.93. The quantitative estimate of drug-likeness (QED) is 0.399. The SMILES string of the molecule is COc1ccc(Nc2cc(C(=O)NCCc3ccc(Cl)cc3)c3ccccc3n2)cc1. The minimum Gasteiger partial charge on any atom is -0.497 e. The second-order valence-electron chi connectivity index (χ2n) is 7.06. The Bertz CT molecular complexity index is 1190. The maximum absolute atomic E-state index is 13.0. The molecule has 1 heterocycles. The molecule has 31 heavy (non-hydrogen) atoms. The van der Waals surface area contributed by atoms with Crippen LogP contribution >= 0.6 is 11.6 Å². The number of amides is 1. The number of halogens is 1. The zero-order valence-corrected chi connectivity index (χ0v) is 17.8. The minimum absolute atomic E-state index is 0.134. The van der Waals surface area contributed by atoms with Gasteiger partial charge in [0, 0.05) is 22.6 Å². The molecule has 0 spiro atoms. The summed E-state index contributed by atoms with van der Waals surface area (Å²) in [6.45, 7) is 0.526. The Labute approximate surface area is 186 Å². The molecule has 0 atom stereocenters. The summed E-state index contributed by atoms with van der Waals surface area (Å²) in [4.78, 5) is 17.6. The number of carbonyl (C=O) groups excluding carboxylic acids is 1. The largest absolute Gasteiger partial charge is 0.497 e. The number of pyridine rings is 1. The molecule has 5 nitrogen and oxygen atoms in total. The van der Waals surface area contributed by atoms with Crippen molar-refractivity contribution >= 4 is 39.9 Å². The zero-order chi connectivity index (χ0) is 21.6. The molecule has 4 rings (SSSR count). The lowest BCUT2D eigenvalue weighted by atomic mass is 10.1. The van der Waals surface area contributed by atoms with Gasteiger partial charge in [-0.2, -0.15) is 0 Å². The number of para-hydroxylation sites is 1. The molecule has 0 radical (unpaired) electrons. The van der Waals surface area contributed by atoms with Crippen LogP contribution in [-0.4, -0.2) is 24.5 Å². The van der Waals surface area contributed by atoms with Crippen LogP contribution in [-0.2, 0) is 6.42 Å². The highest BCUT2D eigenvalue weighted by atomic mass is 35.5. The van der Waals surface area contributed by atoms with Gasteiger partial charge in [0.25, 0.3) is 5.91 Å². The molecule has 0 aliphatic carbocycles. The number of rotatable bonds is 7. The summed E-state index contributed by atoms with van der Waals surface area (Å²) in [5, 5.41) is 7.80. The molecular weight excluding hydrogens is 410 g/mol. The predicted octanol–water partition coefficient (Wildman–Crippen LogP) is 5.61. The first kappa shape index (κ1) is 20.7. The van der Waals surface area contributed by atoms with Gasteiger partial charge in [-0.3, -0.25) is 4.79 Å². The third kappa shape index (κ3) is 5.13. The number of nitrogens with one attached hydrogen (secondary N) is 2. The van der Waals surface area contributed by atoms with Gasteiger partial charge in [-0.15, -0.1) is 0 Å². The fourth-order valence-corrected chi connectivity index (χ4v) is 3.44. The number of hydrogen-bond donors (Lipinski definition) is 2. The van der Waals surface area contributed by atoms with E-state index in [1.54, 1.807) is 13.2 Å². The van der Waals surface area contributed by atoms with Crippen molar-refractivity contribution in [3.05, 3.63) is 95.0 Å². The van der Waals surface area contributed by atoms with Gasteiger partial charge in [0.2, 0.25) is 0 Å². The maximum atomic E-state index is 13.0. The second-order valence-corrected chi connectivity index (χ2v) is 7.49. The molecule has 0 saturated heterocycles. The third-order valence-electron chi connectivity index (χ3n) is 4.94. The fourth-order valence-electron chi connectivity index (χ4n) is 3.32. The van der Waals surface area contributed by atoms with Crippen molar-refractivity contribution in [1.29, 1.82) is 0 Å². The second kappa shape index (κ2) is 9.49. The minimum atomic E-state index is -0.134. The Morgan fingerprint density at radius 1 is 1.00 bits per heavy atom. The molecule has 1 aromatic heterocycles. The van der Waals surface area contributed by atoms with E-state index in [4.69, 9.17) is 16.3 Å². The Balaban J connectivity index is 1.53. The van der Waals surface area contributed by atoms with E-state index in [2.05, 4.69) is 15.6 Å². The lowest BCUT2D eigenvalue weighted by Crippen LogP contribution is -2.26. The van der Waals surface area contributed by atoms with E-state index >= 15 is 0 Å². The van der Waals surface area contributed by atoms with Crippen LogP contribution in [0.3, 0.4) is 0 Å². The Kier molecular flexibility index (Phi) is 6.34. The van der Waals surface area contributed by atoms with Crippen molar-refractivity contribution in [2.24, 2.45) is 0 Å². The van der Waals surface area contributed by atoms with Gasteiger partial charge in [-0.25, -0.2) is 4.98 Å². The molecule has 3 aromatic carbocycles. The Hall–Kier alpha value is -3.57. The normalized spacial score (nSPS) is 10.6. The summed E-state index contributed by atoms with van der Waals surface area (Å²) in [6.07, 6.45) is 0.725. The van der Waals surface area contributed by atoms with E-state index in [-0.39, 0.29) is 5.91 Å². The lowest BCUT2D eigenvalue weighted by Gasteiger charge is -2.12. The smallest absolute Gasteiger partial charge is 0.252 e. The molecule has 4 aromatic rings. The average Bonchev–Trinajstić information content (AvgIpc) is 2.80. The number of ether oxygens (including phenoxy) is 1. The fraction of sp³-hybridized carbons (Fsp3) is 0.120. The first-order valence-electron chi connectivity index (χ1n) is 9.96. The van der Waals surface area contributed by atoms with Gasteiger partial charge in [-0.05, 0) is 60.5 Å². The first-order valence-corrected chi connectivity index (χ1v) is 10.3. The van der Waals surface area contributed by atoms with Gasteiger partial charge < -0.3 is 15.4 Å². The van der Waals surface area contributed by atoms with Crippen LogP contribution in [0.1, 0.15) is 15.9 Å². The number of anilines is 2. The van der Waals surface area contributed by atoms with Crippen LogP contribution in [0.15, 0.2) is 78.9 Å². The molecule has 0 saturated carbocycles. The predicted molar refractivity (Wildman–Crippen MR) is 126 cm³/mol. The van der Waals surface area contributed by atoms with Crippen molar-refractivity contribution in [2.75, 3.05) is 19.0 Å². The number of methoxy groups -OCH3 is 1. The van der Waals surface area contributed by atoms with Crippen molar-refractivity contribution < 1.29 is 9.53 Å². The number of carbonyl (C=O) groups is 1. The van der Waals surface area contributed by atoms with E-state index in [1.165, 1.54) is 0 Å². The molecule has 0 bridgehead atoms. The van der Waals surface area contributed by atoms with Crippen molar-refractivity contribution in [3.8, 4) is 5.75 Å². The van der Waals surface area contributed by atoms with Gasteiger partial charge in [-0.1, -0.05) is 41.9 Å². The van der Waals surface area contributed by atoms with Gasteiger partial charge in [0.1, 0.15) is 11.6 Å². The topological polar surface area (TPSA) is 63.2 Å². The molecule has 0 aliphatic heterocycles. The standard InChI is InChI=1S/C25H22ClN3O2/c1-31-20-12-10-19(11-13-20)28-24-16-22(21-4-2-3-5-23(21)29-24)25(30)27-15-14-17-6-8-18(26)9-7-17/h2-13,16H,14-15H2,1H3,(H,27,30)(H,28,29). The van der Waals surface area contributed by atoms with Crippen LogP contribution in [0.5, 0.6) is 5.75 Å². The summed E-state index contributed by atoms with van der Waals surface area (Å²) in [5.41, 5.74) is 3.31. The Morgan fingerprint density at radius 3 is 2.48 bits per heavy atom. The highest BCUT2D eigenvalue weighted by Crippen LogP contribution is 2.24. The van der Waals surface area contributed by atoms with E-state index in [0.29, 0.717) is 22.9 Å². The van der Waals surface area contributed by atoms with Crippen LogP contribution < -0.4 is 15.4 Å². The summed E-state index contributed by atoms with van der Waals surface area (Å²) < 4.78 is 5.20. The average molecular weight is 432 g/mol. The third-order valence-corrected chi connectivity index (χ3v) is 5.19. The highest BCUT2D eigenvalue weighted by molar-refractivity contribution is 6.30. The molecular formula is C25H22ClN3O2. The molecule has 0 aliphatic rings. The van der Waals surface area contributed by atoms with Crippen LogP contribution in [0.25, 0.3) is 10.9 Å². The number of fused-ring (bicyclic) bond motifs is 1. The van der Waals surface area contributed by atoms with E-state index < -0.39 is 0 Å². The Morgan fingerprint density at radius 2 is 1.74 bits per heavy atom. The van der Waals surface area contributed by atoms with Gasteiger partial charge in [0.15, 0.2) is 0 Å². The zero-order valence-electron chi connectivity index (χ0n) is 17.1. The number of aromatic nitrogens is 1. The van der Waals surface area contributed by atoms with Crippen LogP contribution in [0.2, 0.25) is 5.02 Å². The van der Waals surface area contributed by atoms with Gasteiger partial charge >= 0.3 is 0 Å². The van der Waals surface area contributed by atoms with Crippen molar-refractivity contribution in [3.63, 3.8) is 0 Å². The maximum Gasteiger partial charge on any atom is 0.252 e. The summed E-state index contributed by atoms with van der Waals surface area (Å²) in [5.74, 6) is 1.25.